The molecule has 3 heterocycles. The summed E-state index contributed by atoms with van der Waals surface area (Å²) < 4.78 is 11.1. The van der Waals surface area contributed by atoms with E-state index in [9.17, 15) is 4.79 Å². The third kappa shape index (κ3) is 6.78. The molecule has 0 saturated carbocycles. The average Bonchev–Trinajstić information content (AvgIpc) is 3.56. The molecule has 1 saturated heterocycles. The summed E-state index contributed by atoms with van der Waals surface area (Å²) in [5.74, 6) is 0.281. The second-order valence-electron chi connectivity index (χ2n) is 9.25. The number of nitrogens with zero attached hydrogens (tertiary/aromatic N) is 3. The van der Waals surface area contributed by atoms with E-state index in [2.05, 4.69) is 49.5 Å². The molecule has 1 fully saturated rings. The van der Waals surface area contributed by atoms with Crippen LogP contribution in [0.3, 0.4) is 0 Å². The quantitative estimate of drug-likeness (QED) is 0.309. The van der Waals surface area contributed by atoms with Gasteiger partial charge in [0.15, 0.2) is 5.69 Å². The summed E-state index contributed by atoms with van der Waals surface area (Å²) in [5, 5.41) is 4.90. The van der Waals surface area contributed by atoms with E-state index in [0.717, 1.165) is 61.9 Å². The molecule has 9 heteroatoms. The monoisotopic (exact) mass is 521 g/mol. The molecule has 2 N–H and O–H groups in total. The van der Waals surface area contributed by atoms with Crippen LogP contribution in [0.5, 0.6) is 0 Å². The lowest BCUT2D eigenvalue weighted by atomic mass is 10.1. The highest BCUT2D eigenvalue weighted by molar-refractivity contribution is 6.31. The van der Waals surface area contributed by atoms with Gasteiger partial charge in [0.2, 0.25) is 5.89 Å². The van der Waals surface area contributed by atoms with E-state index in [1.807, 2.05) is 30.3 Å². The maximum absolute atomic E-state index is 12.6. The molecular formula is C28H32ClN5O3. The second-order valence-corrected chi connectivity index (χ2v) is 9.66. The second kappa shape index (κ2) is 12.4. The Labute approximate surface area is 221 Å². The fourth-order valence-electron chi connectivity index (χ4n) is 4.62. The number of oxazole rings is 1. The van der Waals surface area contributed by atoms with E-state index in [1.54, 1.807) is 0 Å². The Balaban J connectivity index is 1.22. The Hall–Kier alpha value is -3.17. The largest absolute Gasteiger partial charge is 0.447 e. The van der Waals surface area contributed by atoms with Gasteiger partial charge in [0, 0.05) is 61.4 Å². The summed E-state index contributed by atoms with van der Waals surface area (Å²) in [6.07, 6.45) is 4.36. The van der Waals surface area contributed by atoms with Gasteiger partial charge in [0.25, 0.3) is 5.91 Å². The number of rotatable bonds is 11. The first kappa shape index (κ1) is 25.5. The molecule has 0 spiro atoms. The van der Waals surface area contributed by atoms with Crippen molar-refractivity contribution in [2.45, 2.75) is 19.5 Å². The zero-order valence-electron chi connectivity index (χ0n) is 20.8. The summed E-state index contributed by atoms with van der Waals surface area (Å²) in [5.41, 5.74) is 3.72. The molecule has 4 aromatic rings. The molecule has 194 valence electrons. The van der Waals surface area contributed by atoms with E-state index in [-0.39, 0.29) is 5.91 Å². The molecule has 1 aliphatic heterocycles. The molecule has 0 aliphatic carbocycles. The number of hydrogen-bond donors (Lipinski definition) is 2. The van der Waals surface area contributed by atoms with E-state index >= 15 is 0 Å². The minimum Gasteiger partial charge on any atom is -0.447 e. The van der Waals surface area contributed by atoms with Crippen LogP contribution in [0.4, 0.5) is 0 Å². The number of para-hydroxylation sites is 1. The van der Waals surface area contributed by atoms with Gasteiger partial charge in [-0.25, -0.2) is 4.98 Å². The van der Waals surface area contributed by atoms with Gasteiger partial charge < -0.3 is 19.5 Å². The zero-order valence-corrected chi connectivity index (χ0v) is 21.5. The molecule has 5 rings (SSSR count). The highest BCUT2D eigenvalue weighted by Gasteiger charge is 2.17. The molecule has 0 atom stereocenters. The van der Waals surface area contributed by atoms with Gasteiger partial charge in [-0.3, -0.25) is 14.6 Å². The number of H-pyrrole nitrogens is 1. The Morgan fingerprint density at radius 1 is 1.08 bits per heavy atom. The topological polar surface area (TPSA) is 86.6 Å². The summed E-state index contributed by atoms with van der Waals surface area (Å²) >= 11 is 6.47. The minimum atomic E-state index is -0.222. The van der Waals surface area contributed by atoms with E-state index in [4.69, 9.17) is 20.8 Å². The standard InChI is InChI=1S/C28H32ClN5O3/c29-24-7-3-1-5-22(24)18-34(11-9-21-17-31-25-8-4-2-6-23(21)25)19-27-32-26(20-37-27)28(35)30-10-12-33-13-15-36-16-14-33/h1-8,17,20,31H,9-16,18-19H2,(H,30,35). The van der Waals surface area contributed by atoms with Gasteiger partial charge in [-0.15, -0.1) is 0 Å². The molecule has 1 aliphatic rings. The van der Waals surface area contributed by atoms with Crippen LogP contribution < -0.4 is 5.32 Å². The lowest BCUT2D eigenvalue weighted by Gasteiger charge is -2.26. The van der Waals surface area contributed by atoms with Crippen molar-refractivity contribution in [3.8, 4) is 0 Å². The van der Waals surface area contributed by atoms with Gasteiger partial charge in [-0.05, 0) is 29.7 Å². The maximum atomic E-state index is 12.6. The average molecular weight is 522 g/mol. The first-order valence-corrected chi connectivity index (χ1v) is 13.1. The zero-order chi connectivity index (χ0) is 25.5. The smallest absolute Gasteiger partial charge is 0.273 e. The van der Waals surface area contributed by atoms with Crippen LogP contribution in [0.1, 0.15) is 27.5 Å². The predicted molar refractivity (Wildman–Crippen MR) is 144 cm³/mol. The fourth-order valence-corrected chi connectivity index (χ4v) is 4.82. The molecule has 1 amide bonds. The number of ether oxygens (including phenoxy) is 1. The summed E-state index contributed by atoms with van der Waals surface area (Å²) in [7, 11) is 0. The molecule has 0 radical (unpaired) electrons. The summed E-state index contributed by atoms with van der Waals surface area (Å²) in [6.45, 7) is 6.50. The Kier molecular flexibility index (Phi) is 8.53. The molecular weight excluding hydrogens is 490 g/mol. The van der Waals surface area contributed by atoms with Gasteiger partial charge in [0.05, 0.1) is 19.8 Å². The van der Waals surface area contributed by atoms with Crippen LogP contribution in [-0.4, -0.2) is 71.6 Å². The Morgan fingerprint density at radius 2 is 1.89 bits per heavy atom. The lowest BCUT2D eigenvalue weighted by molar-refractivity contribution is 0.0383. The van der Waals surface area contributed by atoms with Crippen molar-refractivity contribution in [3.05, 3.63) is 88.7 Å². The Bertz CT molecular complexity index is 1310. The number of fused-ring (bicyclic) bond motifs is 1. The van der Waals surface area contributed by atoms with E-state index in [0.29, 0.717) is 31.2 Å². The van der Waals surface area contributed by atoms with Crippen molar-refractivity contribution in [3.63, 3.8) is 0 Å². The number of hydrogen-bond acceptors (Lipinski definition) is 6. The van der Waals surface area contributed by atoms with Crippen LogP contribution in [-0.2, 0) is 24.2 Å². The number of halogens is 1. The number of aromatic nitrogens is 2. The van der Waals surface area contributed by atoms with Crippen LogP contribution in [0, 0.1) is 0 Å². The maximum Gasteiger partial charge on any atom is 0.273 e. The molecule has 8 nitrogen and oxygen atoms in total. The third-order valence-corrected chi connectivity index (χ3v) is 7.05. The highest BCUT2D eigenvalue weighted by atomic mass is 35.5. The molecule has 2 aromatic carbocycles. The van der Waals surface area contributed by atoms with Crippen LogP contribution in [0.25, 0.3) is 10.9 Å². The summed E-state index contributed by atoms with van der Waals surface area (Å²) in [6, 6.07) is 16.2. The minimum absolute atomic E-state index is 0.222. The summed E-state index contributed by atoms with van der Waals surface area (Å²) in [4.78, 5) is 25.0. The third-order valence-electron chi connectivity index (χ3n) is 6.68. The van der Waals surface area contributed by atoms with Crippen LogP contribution in [0.2, 0.25) is 5.02 Å². The first-order chi connectivity index (χ1) is 18.2. The normalized spacial score (nSPS) is 14.4. The van der Waals surface area contributed by atoms with Gasteiger partial charge >= 0.3 is 0 Å². The molecule has 0 unspecified atom stereocenters. The van der Waals surface area contributed by atoms with E-state index in [1.165, 1.54) is 17.2 Å². The van der Waals surface area contributed by atoms with Gasteiger partial charge in [-0.2, -0.15) is 0 Å². The van der Waals surface area contributed by atoms with E-state index < -0.39 is 0 Å². The predicted octanol–water partition coefficient (Wildman–Crippen LogP) is 4.12. The molecule has 2 aromatic heterocycles. The van der Waals surface area contributed by atoms with Crippen molar-refractivity contribution >= 4 is 28.4 Å². The van der Waals surface area contributed by atoms with Crippen molar-refractivity contribution in [2.24, 2.45) is 0 Å². The number of carbonyl (C=O) groups excluding carboxylic acids is 1. The van der Waals surface area contributed by atoms with Crippen molar-refractivity contribution in [1.82, 2.24) is 25.1 Å². The van der Waals surface area contributed by atoms with Crippen LogP contribution >= 0.6 is 11.6 Å². The van der Waals surface area contributed by atoms with Crippen molar-refractivity contribution in [2.75, 3.05) is 45.9 Å². The van der Waals surface area contributed by atoms with Crippen LogP contribution in [0.15, 0.2) is 65.4 Å². The van der Waals surface area contributed by atoms with Gasteiger partial charge in [-0.1, -0.05) is 48.0 Å². The van der Waals surface area contributed by atoms with Crippen molar-refractivity contribution in [1.29, 1.82) is 0 Å². The Morgan fingerprint density at radius 3 is 2.76 bits per heavy atom. The fraction of sp³-hybridized carbons (Fsp3) is 0.357. The number of amides is 1. The molecule has 37 heavy (non-hydrogen) atoms. The number of aromatic amines is 1. The number of benzene rings is 2. The SMILES string of the molecule is O=C(NCCN1CCOCC1)c1coc(CN(CCc2c[nH]c3ccccc23)Cc2ccccc2Cl)n1. The number of carbonyl (C=O) groups is 1. The number of nitrogens with one attached hydrogen (secondary N) is 2. The first-order valence-electron chi connectivity index (χ1n) is 12.7. The van der Waals surface area contributed by atoms with Gasteiger partial charge in [0.1, 0.15) is 6.26 Å². The lowest BCUT2D eigenvalue weighted by Crippen LogP contribution is -2.41. The van der Waals surface area contributed by atoms with Crippen molar-refractivity contribution < 1.29 is 13.9 Å². The highest BCUT2D eigenvalue weighted by Crippen LogP contribution is 2.21. The molecule has 0 bridgehead atoms. The number of morpholine rings is 1.